The van der Waals surface area contributed by atoms with E-state index in [4.69, 9.17) is 14.6 Å². The Morgan fingerprint density at radius 3 is 2.83 bits per heavy atom. The number of rotatable bonds is 2. The molecule has 0 aliphatic carbocycles. The molecular formula is C8H14O4. The molecule has 2 aliphatic heterocycles. The molecule has 0 saturated carbocycles. The van der Waals surface area contributed by atoms with Gasteiger partial charge in [-0.2, -0.15) is 0 Å². The molecule has 2 bridgehead atoms. The molecule has 0 spiro atoms. The number of ether oxygens (including phenoxy) is 2. The topological polar surface area (TPSA) is 58.9 Å². The molecule has 2 fully saturated rings. The van der Waals surface area contributed by atoms with Crippen molar-refractivity contribution in [1.82, 2.24) is 0 Å². The van der Waals surface area contributed by atoms with Crippen molar-refractivity contribution in [3.05, 3.63) is 0 Å². The largest absolute Gasteiger partial charge is 0.396 e. The van der Waals surface area contributed by atoms with E-state index in [0.29, 0.717) is 0 Å². The van der Waals surface area contributed by atoms with Gasteiger partial charge in [0.25, 0.3) is 0 Å². The fourth-order valence-electron chi connectivity index (χ4n) is 2.22. The van der Waals surface area contributed by atoms with Gasteiger partial charge < -0.3 is 19.7 Å². The Morgan fingerprint density at radius 2 is 2.33 bits per heavy atom. The van der Waals surface area contributed by atoms with Crippen LogP contribution in [-0.4, -0.2) is 48.3 Å². The van der Waals surface area contributed by atoms with Gasteiger partial charge in [-0.15, -0.1) is 0 Å². The summed E-state index contributed by atoms with van der Waals surface area (Å²) >= 11 is 0. The maximum atomic E-state index is 9.56. The van der Waals surface area contributed by atoms with Crippen molar-refractivity contribution >= 4 is 0 Å². The Bertz CT molecular complexity index is 172. The first-order chi connectivity index (χ1) is 5.77. The van der Waals surface area contributed by atoms with Gasteiger partial charge in [0.15, 0.2) is 0 Å². The molecule has 0 amide bonds. The predicted octanol–water partition coefficient (Wildman–Crippen LogP) is -0.858. The third-order valence-corrected chi connectivity index (χ3v) is 2.88. The van der Waals surface area contributed by atoms with Crippen LogP contribution < -0.4 is 0 Å². The molecule has 2 rings (SSSR count). The van der Waals surface area contributed by atoms with E-state index in [1.54, 1.807) is 7.11 Å². The van der Waals surface area contributed by atoms with Gasteiger partial charge in [0.2, 0.25) is 0 Å². The molecule has 0 aromatic rings. The second kappa shape index (κ2) is 2.96. The summed E-state index contributed by atoms with van der Waals surface area (Å²) < 4.78 is 10.6. The molecule has 0 radical (unpaired) electrons. The Kier molecular flexibility index (Phi) is 2.08. The van der Waals surface area contributed by atoms with Gasteiger partial charge in [-0.1, -0.05) is 0 Å². The smallest absolute Gasteiger partial charge is 0.112 e. The highest BCUT2D eigenvalue weighted by atomic mass is 16.6. The zero-order chi connectivity index (χ0) is 8.72. The van der Waals surface area contributed by atoms with E-state index >= 15 is 0 Å². The highest BCUT2D eigenvalue weighted by Crippen LogP contribution is 2.40. The molecular weight excluding hydrogens is 160 g/mol. The summed E-state index contributed by atoms with van der Waals surface area (Å²) in [5.41, 5.74) is 0. The average Bonchev–Trinajstić information content (AvgIpc) is 2.61. The quantitative estimate of drug-likeness (QED) is 0.572. The van der Waals surface area contributed by atoms with Gasteiger partial charge in [0, 0.05) is 19.6 Å². The van der Waals surface area contributed by atoms with Crippen molar-refractivity contribution in [2.45, 2.75) is 30.8 Å². The van der Waals surface area contributed by atoms with E-state index in [9.17, 15) is 5.11 Å². The molecule has 5 atom stereocenters. The Labute approximate surface area is 71.1 Å². The molecule has 2 N–H and O–H groups in total. The zero-order valence-electron chi connectivity index (χ0n) is 7.01. The fraction of sp³-hybridized carbons (Fsp3) is 1.00. The van der Waals surface area contributed by atoms with Crippen LogP contribution in [0.3, 0.4) is 0 Å². The summed E-state index contributed by atoms with van der Waals surface area (Å²) in [7, 11) is 1.56. The van der Waals surface area contributed by atoms with Gasteiger partial charge in [-0.3, -0.25) is 0 Å². The molecule has 2 aliphatic rings. The lowest BCUT2D eigenvalue weighted by atomic mass is 9.86. The Hall–Kier alpha value is -0.160. The van der Waals surface area contributed by atoms with Gasteiger partial charge in [-0.05, 0) is 6.42 Å². The van der Waals surface area contributed by atoms with Crippen molar-refractivity contribution in [2.75, 3.05) is 13.7 Å². The van der Waals surface area contributed by atoms with E-state index in [-0.39, 0.29) is 30.8 Å². The number of aliphatic hydroxyl groups excluding tert-OH is 2. The van der Waals surface area contributed by atoms with Crippen molar-refractivity contribution in [3.8, 4) is 0 Å². The molecule has 5 unspecified atom stereocenters. The fourth-order valence-corrected chi connectivity index (χ4v) is 2.22. The summed E-state index contributed by atoms with van der Waals surface area (Å²) in [5, 5.41) is 18.5. The summed E-state index contributed by atoms with van der Waals surface area (Å²) in [5.74, 6) is 0.142. The maximum absolute atomic E-state index is 9.56. The molecule has 12 heavy (non-hydrogen) atoms. The predicted molar refractivity (Wildman–Crippen MR) is 40.7 cm³/mol. The number of hydrogen-bond acceptors (Lipinski definition) is 4. The SMILES string of the molecule is COC1C(O)C2CC(CO)C1O2. The highest BCUT2D eigenvalue weighted by molar-refractivity contribution is 5.01. The second-order valence-corrected chi connectivity index (χ2v) is 3.51. The molecule has 0 aromatic heterocycles. The average molecular weight is 174 g/mol. The van der Waals surface area contributed by atoms with Crippen molar-refractivity contribution in [3.63, 3.8) is 0 Å². The van der Waals surface area contributed by atoms with Gasteiger partial charge >= 0.3 is 0 Å². The molecule has 4 nitrogen and oxygen atoms in total. The summed E-state index contributed by atoms with van der Waals surface area (Å²) in [6.07, 6.45) is -0.247. The Balaban J connectivity index is 2.09. The summed E-state index contributed by atoms with van der Waals surface area (Å²) in [6.45, 7) is 0.119. The van der Waals surface area contributed by atoms with E-state index in [1.807, 2.05) is 0 Å². The van der Waals surface area contributed by atoms with E-state index in [2.05, 4.69) is 0 Å². The lowest BCUT2D eigenvalue weighted by molar-refractivity contribution is -0.0407. The van der Waals surface area contributed by atoms with E-state index in [0.717, 1.165) is 6.42 Å². The number of methoxy groups -OCH3 is 1. The van der Waals surface area contributed by atoms with Crippen LogP contribution in [0.25, 0.3) is 0 Å². The second-order valence-electron chi connectivity index (χ2n) is 3.51. The van der Waals surface area contributed by atoms with Crippen LogP contribution >= 0.6 is 0 Å². The van der Waals surface area contributed by atoms with Gasteiger partial charge in [-0.25, -0.2) is 0 Å². The van der Waals surface area contributed by atoms with Crippen LogP contribution in [0.15, 0.2) is 0 Å². The molecule has 4 heteroatoms. The van der Waals surface area contributed by atoms with Crippen LogP contribution in [-0.2, 0) is 9.47 Å². The van der Waals surface area contributed by atoms with Crippen molar-refractivity contribution in [1.29, 1.82) is 0 Å². The van der Waals surface area contributed by atoms with Gasteiger partial charge in [0.1, 0.15) is 12.2 Å². The molecule has 0 aromatic carbocycles. The number of hydrogen-bond donors (Lipinski definition) is 2. The van der Waals surface area contributed by atoms with Crippen LogP contribution in [0.1, 0.15) is 6.42 Å². The monoisotopic (exact) mass is 174 g/mol. The lowest BCUT2D eigenvalue weighted by Crippen LogP contribution is -2.43. The van der Waals surface area contributed by atoms with Crippen molar-refractivity contribution < 1.29 is 19.7 Å². The van der Waals surface area contributed by atoms with Crippen LogP contribution in [0.5, 0.6) is 0 Å². The standard InChI is InChI=1S/C8H14O4/c1-11-8-6(10)5-2-4(3-9)7(8)12-5/h4-10H,2-3H2,1H3. The first-order valence-electron chi connectivity index (χ1n) is 4.25. The lowest BCUT2D eigenvalue weighted by Gasteiger charge is -2.27. The first kappa shape index (κ1) is 8.44. The normalized spacial score (nSPS) is 51.8. The maximum Gasteiger partial charge on any atom is 0.112 e. The van der Waals surface area contributed by atoms with Crippen LogP contribution in [0, 0.1) is 5.92 Å². The van der Waals surface area contributed by atoms with Crippen LogP contribution in [0.2, 0.25) is 0 Å². The first-order valence-corrected chi connectivity index (χ1v) is 4.25. The van der Waals surface area contributed by atoms with Crippen molar-refractivity contribution in [2.24, 2.45) is 5.92 Å². The minimum atomic E-state index is -0.511. The van der Waals surface area contributed by atoms with E-state index < -0.39 is 6.10 Å². The molecule has 2 saturated heterocycles. The number of aliphatic hydroxyl groups is 2. The Morgan fingerprint density at radius 1 is 1.58 bits per heavy atom. The summed E-state index contributed by atoms with van der Waals surface area (Å²) in [6, 6.07) is 0. The minimum absolute atomic E-state index is 0.111. The number of fused-ring (bicyclic) bond motifs is 2. The third-order valence-electron chi connectivity index (χ3n) is 2.88. The van der Waals surface area contributed by atoms with Crippen LogP contribution in [0.4, 0.5) is 0 Å². The minimum Gasteiger partial charge on any atom is -0.396 e. The molecule has 2 heterocycles. The van der Waals surface area contributed by atoms with E-state index in [1.165, 1.54) is 0 Å². The third kappa shape index (κ3) is 0.992. The summed E-state index contributed by atoms with van der Waals surface area (Å²) in [4.78, 5) is 0. The highest BCUT2D eigenvalue weighted by Gasteiger charge is 2.53. The van der Waals surface area contributed by atoms with Gasteiger partial charge in [0.05, 0.1) is 12.2 Å². The molecule has 70 valence electrons. The zero-order valence-corrected chi connectivity index (χ0v) is 7.01.